The average molecular weight is 213 g/mol. The fraction of sp³-hybridized carbons (Fsp3) is 1.00. The fourth-order valence-electron chi connectivity index (χ4n) is 2.35. The molecule has 1 atom stereocenters. The van der Waals surface area contributed by atoms with Gasteiger partial charge < -0.3 is 10.2 Å². The Morgan fingerprint density at radius 3 is 2.67 bits per heavy atom. The Kier molecular flexibility index (Phi) is 6.22. The van der Waals surface area contributed by atoms with Crippen LogP contribution in [0, 0.1) is 0 Å². The molecule has 1 aliphatic heterocycles. The van der Waals surface area contributed by atoms with Gasteiger partial charge in [0.15, 0.2) is 0 Å². The van der Waals surface area contributed by atoms with Crippen LogP contribution in [0.4, 0.5) is 0 Å². The second kappa shape index (κ2) is 7.20. The van der Waals surface area contributed by atoms with E-state index in [4.69, 9.17) is 0 Å². The molecule has 1 rings (SSSR count). The van der Waals surface area contributed by atoms with Crippen molar-refractivity contribution in [3.8, 4) is 0 Å². The third-order valence-corrected chi connectivity index (χ3v) is 3.33. The lowest BCUT2D eigenvalue weighted by Crippen LogP contribution is -2.51. The number of piperazine rings is 1. The lowest BCUT2D eigenvalue weighted by Gasteiger charge is -2.39. The van der Waals surface area contributed by atoms with Gasteiger partial charge in [-0.2, -0.15) is 0 Å². The van der Waals surface area contributed by atoms with Crippen LogP contribution in [0.3, 0.4) is 0 Å². The summed E-state index contributed by atoms with van der Waals surface area (Å²) in [5.74, 6) is 0. The molecule has 1 saturated heterocycles. The number of rotatable bonds is 6. The zero-order chi connectivity index (χ0) is 11.1. The van der Waals surface area contributed by atoms with Crippen molar-refractivity contribution >= 4 is 0 Å². The summed E-state index contributed by atoms with van der Waals surface area (Å²) in [5.41, 5.74) is 0. The van der Waals surface area contributed by atoms with Crippen LogP contribution in [0.15, 0.2) is 0 Å². The molecule has 0 aromatic rings. The van der Waals surface area contributed by atoms with Crippen LogP contribution in [-0.4, -0.2) is 61.7 Å². The molecule has 90 valence electrons. The van der Waals surface area contributed by atoms with Crippen molar-refractivity contribution in [1.29, 1.82) is 0 Å². The summed E-state index contributed by atoms with van der Waals surface area (Å²) in [5, 5.41) is 3.38. The highest BCUT2D eigenvalue weighted by Gasteiger charge is 2.21. The van der Waals surface area contributed by atoms with Gasteiger partial charge in [0.25, 0.3) is 0 Å². The van der Waals surface area contributed by atoms with E-state index in [-0.39, 0.29) is 0 Å². The molecule has 0 aromatic heterocycles. The highest BCUT2D eigenvalue weighted by atomic mass is 15.3. The summed E-state index contributed by atoms with van der Waals surface area (Å²) in [6.45, 7) is 15.3. The van der Waals surface area contributed by atoms with Crippen LogP contribution in [-0.2, 0) is 0 Å². The van der Waals surface area contributed by atoms with Crippen molar-refractivity contribution < 1.29 is 0 Å². The zero-order valence-corrected chi connectivity index (χ0v) is 10.6. The SMILES string of the molecule is CCNCCCN1CCN(CC)C(C)C1. The minimum Gasteiger partial charge on any atom is -0.317 e. The monoisotopic (exact) mass is 213 g/mol. The second-order valence-electron chi connectivity index (χ2n) is 4.49. The van der Waals surface area contributed by atoms with Gasteiger partial charge in [0.1, 0.15) is 0 Å². The fourth-order valence-corrected chi connectivity index (χ4v) is 2.35. The van der Waals surface area contributed by atoms with E-state index in [1.807, 2.05) is 0 Å². The second-order valence-corrected chi connectivity index (χ2v) is 4.49. The molecule has 15 heavy (non-hydrogen) atoms. The third kappa shape index (κ3) is 4.49. The standard InChI is InChI=1S/C12H27N3/c1-4-13-7-6-8-14-9-10-15(5-2)12(3)11-14/h12-13H,4-11H2,1-3H3. The van der Waals surface area contributed by atoms with Crippen LogP contribution in [0.2, 0.25) is 0 Å². The first kappa shape index (κ1) is 12.9. The predicted molar refractivity (Wildman–Crippen MR) is 66.3 cm³/mol. The maximum atomic E-state index is 3.38. The zero-order valence-electron chi connectivity index (χ0n) is 10.6. The summed E-state index contributed by atoms with van der Waals surface area (Å²) in [6.07, 6.45) is 1.28. The van der Waals surface area contributed by atoms with Crippen molar-refractivity contribution in [3.05, 3.63) is 0 Å². The Labute approximate surface area is 94.8 Å². The van der Waals surface area contributed by atoms with Crippen LogP contribution < -0.4 is 5.32 Å². The Morgan fingerprint density at radius 1 is 1.27 bits per heavy atom. The summed E-state index contributed by atoms with van der Waals surface area (Å²) in [4.78, 5) is 5.18. The highest BCUT2D eigenvalue weighted by Crippen LogP contribution is 2.08. The van der Waals surface area contributed by atoms with Gasteiger partial charge in [0.2, 0.25) is 0 Å². The first-order chi connectivity index (χ1) is 7.27. The maximum Gasteiger partial charge on any atom is 0.0195 e. The van der Waals surface area contributed by atoms with Gasteiger partial charge in [0, 0.05) is 25.7 Å². The Bertz CT molecular complexity index is 161. The van der Waals surface area contributed by atoms with E-state index < -0.39 is 0 Å². The average Bonchev–Trinajstić information content (AvgIpc) is 2.25. The van der Waals surface area contributed by atoms with Gasteiger partial charge >= 0.3 is 0 Å². The number of nitrogens with zero attached hydrogens (tertiary/aromatic N) is 2. The van der Waals surface area contributed by atoms with Crippen molar-refractivity contribution in [2.24, 2.45) is 0 Å². The van der Waals surface area contributed by atoms with Gasteiger partial charge in [-0.25, -0.2) is 0 Å². The molecule has 3 heteroatoms. The van der Waals surface area contributed by atoms with Crippen LogP contribution in [0.1, 0.15) is 27.2 Å². The van der Waals surface area contributed by atoms with Crippen LogP contribution >= 0.6 is 0 Å². The molecule has 0 saturated carbocycles. The normalized spacial score (nSPS) is 24.6. The molecule has 0 aliphatic carbocycles. The van der Waals surface area contributed by atoms with Crippen LogP contribution in [0.25, 0.3) is 0 Å². The van der Waals surface area contributed by atoms with E-state index in [1.54, 1.807) is 0 Å². The number of hydrogen-bond acceptors (Lipinski definition) is 3. The minimum atomic E-state index is 0.739. The van der Waals surface area contributed by atoms with Crippen molar-refractivity contribution in [1.82, 2.24) is 15.1 Å². The smallest absolute Gasteiger partial charge is 0.0195 e. The molecule has 0 radical (unpaired) electrons. The molecule has 3 nitrogen and oxygen atoms in total. The van der Waals surface area contributed by atoms with E-state index >= 15 is 0 Å². The topological polar surface area (TPSA) is 18.5 Å². The summed E-state index contributed by atoms with van der Waals surface area (Å²) >= 11 is 0. The largest absolute Gasteiger partial charge is 0.317 e. The summed E-state index contributed by atoms with van der Waals surface area (Å²) < 4.78 is 0. The van der Waals surface area contributed by atoms with Crippen LogP contribution in [0.5, 0.6) is 0 Å². The van der Waals surface area contributed by atoms with Gasteiger partial charge in [-0.05, 0) is 39.5 Å². The van der Waals surface area contributed by atoms with Gasteiger partial charge in [-0.1, -0.05) is 13.8 Å². The van der Waals surface area contributed by atoms with Crippen molar-refractivity contribution in [3.63, 3.8) is 0 Å². The maximum absolute atomic E-state index is 3.38. The van der Waals surface area contributed by atoms with Gasteiger partial charge in [-0.15, -0.1) is 0 Å². The van der Waals surface area contributed by atoms with E-state index in [0.29, 0.717) is 0 Å². The molecular weight excluding hydrogens is 186 g/mol. The van der Waals surface area contributed by atoms with Crippen molar-refractivity contribution in [2.45, 2.75) is 33.2 Å². The van der Waals surface area contributed by atoms with Crippen molar-refractivity contribution in [2.75, 3.05) is 45.8 Å². The predicted octanol–water partition coefficient (Wildman–Crippen LogP) is 1.01. The summed E-state index contributed by atoms with van der Waals surface area (Å²) in [6, 6.07) is 0.739. The molecule has 0 aromatic carbocycles. The Balaban J connectivity index is 2.11. The minimum absolute atomic E-state index is 0.739. The molecule has 1 fully saturated rings. The van der Waals surface area contributed by atoms with E-state index in [2.05, 4.69) is 35.9 Å². The quantitative estimate of drug-likeness (QED) is 0.664. The van der Waals surface area contributed by atoms with E-state index in [9.17, 15) is 0 Å². The highest BCUT2D eigenvalue weighted by molar-refractivity contribution is 4.78. The molecule has 1 heterocycles. The lowest BCUT2D eigenvalue weighted by molar-refractivity contribution is 0.0874. The third-order valence-electron chi connectivity index (χ3n) is 3.33. The first-order valence-electron chi connectivity index (χ1n) is 6.45. The molecule has 0 bridgehead atoms. The molecule has 1 aliphatic rings. The number of nitrogens with one attached hydrogen (secondary N) is 1. The van der Waals surface area contributed by atoms with Gasteiger partial charge in [-0.3, -0.25) is 4.90 Å². The Morgan fingerprint density at radius 2 is 2.07 bits per heavy atom. The molecule has 1 unspecified atom stereocenters. The first-order valence-corrected chi connectivity index (χ1v) is 6.45. The van der Waals surface area contributed by atoms with E-state index in [0.717, 1.165) is 12.6 Å². The van der Waals surface area contributed by atoms with Gasteiger partial charge in [0.05, 0.1) is 0 Å². The Hall–Kier alpha value is -0.120. The number of likely N-dealkylation sites (N-methyl/N-ethyl adjacent to an activating group) is 1. The molecule has 0 spiro atoms. The molecule has 0 amide bonds. The summed E-state index contributed by atoms with van der Waals surface area (Å²) in [7, 11) is 0. The lowest BCUT2D eigenvalue weighted by atomic mass is 10.2. The number of hydrogen-bond donors (Lipinski definition) is 1. The molecular formula is C12H27N3. The van der Waals surface area contributed by atoms with E-state index in [1.165, 1.54) is 45.7 Å². The molecule has 1 N–H and O–H groups in total.